The summed E-state index contributed by atoms with van der Waals surface area (Å²) >= 11 is 0. The second kappa shape index (κ2) is 9.78. The molecule has 2 amide bonds. The van der Waals surface area contributed by atoms with Gasteiger partial charge in [0.2, 0.25) is 11.8 Å². The van der Waals surface area contributed by atoms with Crippen LogP contribution >= 0.6 is 0 Å². The zero-order valence-electron chi connectivity index (χ0n) is 17.5. The van der Waals surface area contributed by atoms with Crippen molar-refractivity contribution >= 4 is 22.6 Å². The van der Waals surface area contributed by atoms with Crippen LogP contribution in [-0.4, -0.2) is 44.5 Å². The molecule has 0 aliphatic rings. The summed E-state index contributed by atoms with van der Waals surface area (Å²) in [6.07, 6.45) is 0.230. The van der Waals surface area contributed by atoms with Crippen LogP contribution in [0.1, 0.15) is 11.1 Å². The third-order valence-electron chi connectivity index (χ3n) is 4.96. The molecule has 3 aromatic rings. The Kier molecular flexibility index (Phi) is 6.91. The van der Waals surface area contributed by atoms with Gasteiger partial charge in [-0.2, -0.15) is 0 Å². The van der Waals surface area contributed by atoms with Gasteiger partial charge in [0.05, 0.1) is 27.2 Å². The van der Waals surface area contributed by atoms with E-state index in [-0.39, 0.29) is 24.8 Å². The molecule has 0 bridgehead atoms. The molecule has 6 nitrogen and oxygen atoms in total. The molecule has 0 unspecified atom stereocenters. The highest BCUT2D eigenvalue weighted by molar-refractivity contribution is 5.91. The van der Waals surface area contributed by atoms with E-state index >= 15 is 0 Å². The summed E-state index contributed by atoms with van der Waals surface area (Å²) in [4.78, 5) is 26.4. The SMILES string of the molecule is COc1ccc(CN(C)C(=O)CNC(=O)Cc2cccc3ccccc23)cc1OC. The van der Waals surface area contributed by atoms with Gasteiger partial charge in [-0.1, -0.05) is 48.5 Å². The first kappa shape index (κ1) is 21.2. The smallest absolute Gasteiger partial charge is 0.242 e. The van der Waals surface area contributed by atoms with Crippen molar-refractivity contribution < 1.29 is 19.1 Å². The molecule has 0 spiro atoms. The average Bonchev–Trinajstić information content (AvgIpc) is 2.77. The van der Waals surface area contributed by atoms with Crippen molar-refractivity contribution in [2.45, 2.75) is 13.0 Å². The second-order valence-electron chi connectivity index (χ2n) is 7.03. The molecule has 0 radical (unpaired) electrons. The predicted molar refractivity (Wildman–Crippen MR) is 117 cm³/mol. The number of nitrogens with zero attached hydrogens (tertiary/aromatic N) is 1. The standard InChI is InChI=1S/C24H26N2O4/c1-26(16-17-11-12-21(29-2)22(13-17)30-3)24(28)15-25-23(27)14-19-9-6-8-18-7-4-5-10-20(18)19/h4-13H,14-16H2,1-3H3,(H,25,27). The number of nitrogens with one attached hydrogen (secondary N) is 1. The lowest BCUT2D eigenvalue weighted by Crippen LogP contribution is -2.38. The fraction of sp³-hybridized carbons (Fsp3) is 0.250. The second-order valence-corrected chi connectivity index (χ2v) is 7.03. The quantitative estimate of drug-likeness (QED) is 0.624. The van der Waals surface area contributed by atoms with Crippen LogP contribution in [0.25, 0.3) is 10.8 Å². The minimum Gasteiger partial charge on any atom is -0.493 e. The molecule has 6 heteroatoms. The Morgan fingerprint density at radius 1 is 0.933 bits per heavy atom. The Labute approximate surface area is 176 Å². The predicted octanol–water partition coefficient (Wildman–Crippen LogP) is 3.17. The first-order valence-corrected chi connectivity index (χ1v) is 9.70. The van der Waals surface area contributed by atoms with Crippen molar-refractivity contribution in [3.8, 4) is 11.5 Å². The highest BCUT2D eigenvalue weighted by atomic mass is 16.5. The maximum absolute atomic E-state index is 12.4. The first-order chi connectivity index (χ1) is 14.5. The highest BCUT2D eigenvalue weighted by Crippen LogP contribution is 2.27. The summed E-state index contributed by atoms with van der Waals surface area (Å²) in [5, 5.41) is 4.87. The van der Waals surface area contributed by atoms with E-state index in [1.165, 1.54) is 0 Å². The minimum atomic E-state index is -0.181. The highest BCUT2D eigenvalue weighted by Gasteiger charge is 2.13. The Hall–Kier alpha value is -3.54. The van der Waals surface area contributed by atoms with Crippen molar-refractivity contribution in [1.29, 1.82) is 0 Å². The molecule has 0 aliphatic heterocycles. The van der Waals surface area contributed by atoms with Gasteiger partial charge in [0.25, 0.3) is 0 Å². The fourth-order valence-corrected chi connectivity index (χ4v) is 3.33. The summed E-state index contributed by atoms with van der Waals surface area (Å²) in [7, 11) is 4.85. The normalized spacial score (nSPS) is 10.5. The Bertz CT molecular complexity index is 1040. The zero-order chi connectivity index (χ0) is 21.5. The molecule has 0 atom stereocenters. The molecule has 156 valence electrons. The van der Waals surface area contributed by atoms with Crippen LogP contribution in [0.4, 0.5) is 0 Å². The van der Waals surface area contributed by atoms with Gasteiger partial charge >= 0.3 is 0 Å². The number of benzene rings is 3. The summed E-state index contributed by atoms with van der Waals surface area (Å²) in [5.74, 6) is 0.894. The van der Waals surface area contributed by atoms with Crippen molar-refractivity contribution in [1.82, 2.24) is 10.2 Å². The van der Waals surface area contributed by atoms with Crippen LogP contribution in [-0.2, 0) is 22.6 Å². The summed E-state index contributed by atoms with van der Waals surface area (Å²) in [6.45, 7) is 0.353. The van der Waals surface area contributed by atoms with Gasteiger partial charge < -0.3 is 19.7 Å². The number of amides is 2. The van der Waals surface area contributed by atoms with Crippen LogP contribution in [0.2, 0.25) is 0 Å². The number of ether oxygens (including phenoxy) is 2. The number of likely N-dealkylation sites (N-methyl/N-ethyl adjacent to an activating group) is 1. The lowest BCUT2D eigenvalue weighted by Gasteiger charge is -2.18. The van der Waals surface area contributed by atoms with Crippen LogP contribution < -0.4 is 14.8 Å². The van der Waals surface area contributed by atoms with E-state index in [1.807, 2.05) is 54.6 Å². The number of methoxy groups -OCH3 is 2. The molecule has 0 aliphatic carbocycles. The maximum atomic E-state index is 12.4. The molecule has 0 fully saturated rings. The largest absolute Gasteiger partial charge is 0.493 e. The van der Waals surface area contributed by atoms with Crippen LogP contribution in [0.3, 0.4) is 0 Å². The van der Waals surface area contributed by atoms with Crippen molar-refractivity contribution in [3.05, 3.63) is 71.8 Å². The summed E-state index contributed by atoms with van der Waals surface area (Å²) in [5.41, 5.74) is 1.85. The van der Waals surface area contributed by atoms with Crippen molar-refractivity contribution in [3.63, 3.8) is 0 Å². The summed E-state index contributed by atoms with van der Waals surface area (Å²) < 4.78 is 10.5. The van der Waals surface area contributed by atoms with Crippen molar-refractivity contribution in [2.75, 3.05) is 27.8 Å². The lowest BCUT2D eigenvalue weighted by atomic mass is 10.0. The number of rotatable bonds is 8. The third-order valence-corrected chi connectivity index (χ3v) is 4.96. The van der Waals surface area contributed by atoms with Crippen LogP contribution in [0.15, 0.2) is 60.7 Å². The molecule has 0 saturated carbocycles. The molecule has 30 heavy (non-hydrogen) atoms. The Morgan fingerprint density at radius 3 is 2.43 bits per heavy atom. The lowest BCUT2D eigenvalue weighted by molar-refractivity contribution is -0.132. The monoisotopic (exact) mass is 406 g/mol. The zero-order valence-corrected chi connectivity index (χ0v) is 17.5. The molecule has 3 rings (SSSR count). The van der Waals surface area contributed by atoms with Gasteiger partial charge in [-0.15, -0.1) is 0 Å². The maximum Gasteiger partial charge on any atom is 0.242 e. The topological polar surface area (TPSA) is 67.9 Å². The number of hydrogen-bond acceptors (Lipinski definition) is 4. The van der Waals surface area contributed by atoms with E-state index in [2.05, 4.69) is 5.32 Å². The first-order valence-electron chi connectivity index (χ1n) is 9.70. The van der Waals surface area contributed by atoms with Gasteiger partial charge in [0, 0.05) is 13.6 Å². The van der Waals surface area contributed by atoms with E-state index in [0.717, 1.165) is 21.9 Å². The van der Waals surface area contributed by atoms with Gasteiger partial charge in [0.1, 0.15) is 0 Å². The minimum absolute atomic E-state index is 0.0482. The third kappa shape index (κ3) is 5.08. The number of fused-ring (bicyclic) bond motifs is 1. The van der Waals surface area contributed by atoms with E-state index in [0.29, 0.717) is 18.0 Å². The molecule has 1 N–H and O–H groups in total. The number of carbonyl (C=O) groups excluding carboxylic acids is 2. The molecule has 3 aromatic carbocycles. The number of carbonyl (C=O) groups is 2. The van der Waals surface area contributed by atoms with Crippen LogP contribution in [0.5, 0.6) is 11.5 Å². The van der Waals surface area contributed by atoms with Gasteiger partial charge in [-0.3, -0.25) is 9.59 Å². The Balaban J connectivity index is 1.55. The molecule has 0 heterocycles. The average molecular weight is 406 g/mol. The molecule has 0 saturated heterocycles. The molecular formula is C24H26N2O4. The fourth-order valence-electron chi connectivity index (χ4n) is 3.33. The van der Waals surface area contributed by atoms with E-state index in [1.54, 1.807) is 32.2 Å². The molecule has 0 aromatic heterocycles. The van der Waals surface area contributed by atoms with E-state index in [9.17, 15) is 9.59 Å². The van der Waals surface area contributed by atoms with Gasteiger partial charge in [-0.25, -0.2) is 0 Å². The van der Waals surface area contributed by atoms with E-state index < -0.39 is 0 Å². The van der Waals surface area contributed by atoms with Gasteiger partial charge in [0.15, 0.2) is 11.5 Å². The Morgan fingerprint density at radius 2 is 1.67 bits per heavy atom. The van der Waals surface area contributed by atoms with Crippen LogP contribution in [0, 0.1) is 0 Å². The van der Waals surface area contributed by atoms with E-state index in [4.69, 9.17) is 9.47 Å². The summed E-state index contributed by atoms with van der Waals surface area (Å²) in [6, 6.07) is 19.4. The molecular weight excluding hydrogens is 380 g/mol. The van der Waals surface area contributed by atoms with Gasteiger partial charge in [-0.05, 0) is 34.0 Å². The number of hydrogen-bond donors (Lipinski definition) is 1. The van der Waals surface area contributed by atoms with Crippen molar-refractivity contribution in [2.24, 2.45) is 0 Å².